The molecule has 164 valence electrons. The normalized spacial score (nSPS) is 16.6. The van der Waals surface area contributed by atoms with Gasteiger partial charge in [-0.2, -0.15) is 0 Å². The molecule has 0 amide bonds. The Balaban J connectivity index is 1.98. The van der Waals surface area contributed by atoms with Crippen LogP contribution < -0.4 is 14.4 Å². The third kappa shape index (κ3) is 3.97. The van der Waals surface area contributed by atoms with Gasteiger partial charge in [-0.05, 0) is 19.2 Å². The van der Waals surface area contributed by atoms with E-state index in [9.17, 15) is 0 Å². The maximum Gasteiger partial charge on any atom is 0.187 e. The number of halogens is 2. The van der Waals surface area contributed by atoms with Crippen LogP contribution in [-0.4, -0.2) is 61.2 Å². The Morgan fingerprint density at radius 1 is 1.13 bits per heavy atom. The molecule has 3 heterocycles. The molecule has 31 heavy (non-hydrogen) atoms. The Morgan fingerprint density at radius 2 is 1.84 bits per heavy atom. The number of aromatic nitrogens is 3. The first-order valence-corrected chi connectivity index (χ1v) is 10.9. The second kappa shape index (κ2) is 8.80. The summed E-state index contributed by atoms with van der Waals surface area (Å²) >= 11 is 1.41. The highest BCUT2D eigenvalue weighted by atomic mass is 32.2. The number of pyridine rings is 1. The molecule has 7 nitrogen and oxygen atoms in total. The summed E-state index contributed by atoms with van der Waals surface area (Å²) < 4.78 is 46.1. The molecule has 1 saturated heterocycles. The molecule has 1 aliphatic heterocycles. The molecule has 1 aromatic carbocycles. The third-order valence-electron chi connectivity index (χ3n) is 5.08. The van der Waals surface area contributed by atoms with Crippen molar-refractivity contribution in [3.05, 3.63) is 30.0 Å². The summed E-state index contributed by atoms with van der Waals surface area (Å²) in [5.74, 6) is -1.44. The molecule has 4 rings (SSSR count). The highest BCUT2D eigenvalue weighted by molar-refractivity contribution is 7.98. The number of fused-ring (bicyclic) bond motifs is 1. The van der Waals surface area contributed by atoms with Crippen LogP contribution in [0.1, 0.15) is 6.92 Å². The second-order valence-electron chi connectivity index (χ2n) is 7.04. The Kier molecular flexibility index (Phi) is 6.10. The van der Waals surface area contributed by atoms with E-state index in [0.29, 0.717) is 41.6 Å². The summed E-state index contributed by atoms with van der Waals surface area (Å²) in [5.41, 5.74) is 0.400. The lowest BCUT2D eigenvalue weighted by molar-refractivity contribution is 0.0530. The Hall–Kier alpha value is -2.72. The van der Waals surface area contributed by atoms with Gasteiger partial charge in [0.05, 0.1) is 38.2 Å². The van der Waals surface area contributed by atoms with Crippen LogP contribution >= 0.6 is 11.8 Å². The van der Waals surface area contributed by atoms with Gasteiger partial charge in [-0.25, -0.2) is 23.7 Å². The van der Waals surface area contributed by atoms with Crippen molar-refractivity contribution in [3.63, 3.8) is 0 Å². The molecule has 0 N–H and O–H groups in total. The van der Waals surface area contributed by atoms with E-state index < -0.39 is 11.6 Å². The van der Waals surface area contributed by atoms with Crippen molar-refractivity contribution in [2.45, 2.75) is 18.2 Å². The van der Waals surface area contributed by atoms with E-state index in [-0.39, 0.29) is 28.9 Å². The van der Waals surface area contributed by atoms with Gasteiger partial charge in [-0.15, -0.1) is 0 Å². The van der Waals surface area contributed by atoms with Crippen molar-refractivity contribution in [1.29, 1.82) is 0 Å². The van der Waals surface area contributed by atoms with Crippen molar-refractivity contribution in [3.8, 4) is 22.8 Å². The van der Waals surface area contributed by atoms with Crippen molar-refractivity contribution in [1.82, 2.24) is 15.0 Å². The van der Waals surface area contributed by atoms with Crippen LogP contribution in [0.3, 0.4) is 0 Å². The number of methoxy groups -OCH3 is 2. The minimum Gasteiger partial charge on any atom is -0.494 e. The predicted octanol–water partition coefficient (Wildman–Crippen LogP) is 3.93. The molecule has 3 aromatic rings. The average Bonchev–Trinajstić information content (AvgIpc) is 2.78. The van der Waals surface area contributed by atoms with Crippen LogP contribution in [0.5, 0.6) is 11.5 Å². The summed E-state index contributed by atoms with van der Waals surface area (Å²) in [7, 11) is 2.62. The number of benzene rings is 1. The smallest absolute Gasteiger partial charge is 0.187 e. The molecule has 10 heteroatoms. The average molecular weight is 448 g/mol. The van der Waals surface area contributed by atoms with Gasteiger partial charge in [-0.1, -0.05) is 11.8 Å². The number of rotatable bonds is 5. The molecular formula is C21H22F2N4O3S. The lowest BCUT2D eigenvalue weighted by Gasteiger charge is -2.32. The van der Waals surface area contributed by atoms with Crippen molar-refractivity contribution in [2.24, 2.45) is 0 Å². The van der Waals surface area contributed by atoms with Crippen LogP contribution in [0.25, 0.3) is 22.2 Å². The van der Waals surface area contributed by atoms with Gasteiger partial charge in [0.15, 0.2) is 34.1 Å². The first kappa shape index (κ1) is 21.5. The number of ether oxygens (including phenoxy) is 3. The first-order valence-electron chi connectivity index (χ1n) is 9.65. The molecule has 0 aliphatic carbocycles. The Morgan fingerprint density at radius 3 is 2.45 bits per heavy atom. The maximum absolute atomic E-state index is 15.2. The van der Waals surface area contributed by atoms with E-state index in [1.807, 2.05) is 18.1 Å². The number of anilines is 1. The summed E-state index contributed by atoms with van der Waals surface area (Å²) in [4.78, 5) is 15.6. The molecule has 1 unspecified atom stereocenters. The fourth-order valence-electron chi connectivity index (χ4n) is 3.57. The SMILES string of the molecule is COc1cc(OC)c(F)c(-c2cc3cnc(SC)nc3c(N3CCOC(C)C3)n2)c1F. The Bertz CT molecular complexity index is 1100. The summed E-state index contributed by atoms with van der Waals surface area (Å²) in [5, 5.41) is 1.21. The standard InChI is InChI=1S/C21H22F2N4O3S/c1-11-10-27(5-6-30-11)20-19-12(9-24-21(26-19)31-4)7-13(25-20)16-17(22)14(28-2)8-15(29-3)18(16)23/h7-9,11H,5-6,10H2,1-4H3. The maximum atomic E-state index is 15.2. The molecule has 2 aromatic heterocycles. The fraction of sp³-hybridized carbons (Fsp3) is 0.381. The van der Waals surface area contributed by atoms with E-state index in [2.05, 4.69) is 15.0 Å². The molecule has 1 fully saturated rings. The largest absolute Gasteiger partial charge is 0.494 e. The second-order valence-corrected chi connectivity index (χ2v) is 7.81. The van der Waals surface area contributed by atoms with Crippen LogP contribution in [0, 0.1) is 11.6 Å². The molecule has 0 saturated carbocycles. The topological polar surface area (TPSA) is 69.6 Å². The zero-order chi connectivity index (χ0) is 22.1. The van der Waals surface area contributed by atoms with Gasteiger partial charge in [-0.3, -0.25) is 0 Å². The predicted molar refractivity (Wildman–Crippen MR) is 115 cm³/mol. The number of morpholine rings is 1. The van der Waals surface area contributed by atoms with Gasteiger partial charge >= 0.3 is 0 Å². The summed E-state index contributed by atoms with van der Waals surface area (Å²) in [6.45, 7) is 3.65. The van der Waals surface area contributed by atoms with Crippen molar-refractivity contribution < 1.29 is 23.0 Å². The minimum absolute atomic E-state index is 0.0125. The molecular weight excluding hydrogens is 426 g/mol. The quantitative estimate of drug-likeness (QED) is 0.430. The number of hydrogen-bond donors (Lipinski definition) is 0. The van der Waals surface area contributed by atoms with E-state index in [4.69, 9.17) is 14.2 Å². The molecule has 1 atom stereocenters. The van der Waals surface area contributed by atoms with Gasteiger partial charge in [0, 0.05) is 30.7 Å². The van der Waals surface area contributed by atoms with E-state index in [1.54, 1.807) is 12.3 Å². The monoisotopic (exact) mass is 448 g/mol. The number of hydrogen-bond acceptors (Lipinski definition) is 8. The van der Waals surface area contributed by atoms with Crippen molar-refractivity contribution >= 4 is 28.5 Å². The van der Waals surface area contributed by atoms with Gasteiger partial charge < -0.3 is 19.1 Å². The fourth-order valence-corrected chi connectivity index (χ4v) is 3.92. The van der Waals surface area contributed by atoms with E-state index in [0.717, 1.165) is 0 Å². The molecule has 0 radical (unpaired) electrons. The van der Waals surface area contributed by atoms with E-state index in [1.165, 1.54) is 32.0 Å². The highest BCUT2D eigenvalue weighted by Gasteiger charge is 2.26. The first-order chi connectivity index (χ1) is 15.0. The van der Waals surface area contributed by atoms with Gasteiger partial charge in [0.25, 0.3) is 0 Å². The van der Waals surface area contributed by atoms with Crippen LogP contribution in [-0.2, 0) is 4.74 Å². The molecule has 1 aliphatic rings. The Labute approximate surface area is 182 Å². The van der Waals surface area contributed by atoms with E-state index >= 15 is 8.78 Å². The van der Waals surface area contributed by atoms with Crippen LogP contribution in [0.2, 0.25) is 0 Å². The third-order valence-corrected chi connectivity index (χ3v) is 5.64. The highest BCUT2D eigenvalue weighted by Crippen LogP contribution is 2.39. The van der Waals surface area contributed by atoms with Crippen LogP contribution in [0.15, 0.2) is 23.5 Å². The molecule has 0 bridgehead atoms. The zero-order valence-corrected chi connectivity index (χ0v) is 18.4. The van der Waals surface area contributed by atoms with Crippen molar-refractivity contribution in [2.75, 3.05) is 45.1 Å². The van der Waals surface area contributed by atoms with Gasteiger partial charge in [0.1, 0.15) is 5.52 Å². The van der Waals surface area contributed by atoms with Crippen LogP contribution in [0.4, 0.5) is 14.6 Å². The molecule has 0 spiro atoms. The lowest BCUT2D eigenvalue weighted by atomic mass is 10.1. The number of thioether (sulfide) groups is 1. The summed E-state index contributed by atoms with van der Waals surface area (Å²) in [6.07, 6.45) is 3.51. The number of nitrogens with zero attached hydrogens (tertiary/aromatic N) is 4. The zero-order valence-electron chi connectivity index (χ0n) is 17.6. The van der Waals surface area contributed by atoms with Gasteiger partial charge in [0.2, 0.25) is 0 Å². The lowest BCUT2D eigenvalue weighted by Crippen LogP contribution is -2.41. The summed E-state index contributed by atoms with van der Waals surface area (Å²) in [6, 6.07) is 2.75. The minimum atomic E-state index is -0.851.